The summed E-state index contributed by atoms with van der Waals surface area (Å²) >= 11 is 0. The summed E-state index contributed by atoms with van der Waals surface area (Å²) in [6.45, 7) is 7.22. The number of nitrogens with zero attached hydrogens (tertiary/aromatic N) is 3. The van der Waals surface area contributed by atoms with Crippen LogP contribution in [0.5, 0.6) is 0 Å². The third-order valence-corrected chi connectivity index (χ3v) is 7.00. The van der Waals surface area contributed by atoms with Crippen LogP contribution in [0.3, 0.4) is 0 Å². The Labute approximate surface area is 182 Å². The molecule has 0 radical (unpaired) electrons. The Balaban J connectivity index is 0.00000218. The van der Waals surface area contributed by atoms with Crippen molar-refractivity contribution < 1.29 is 4.79 Å². The van der Waals surface area contributed by atoms with Crippen molar-refractivity contribution in [2.45, 2.75) is 51.6 Å². The quantitative estimate of drug-likeness (QED) is 0.758. The molecule has 3 aliphatic rings. The Hall–Kier alpha value is -2.12. The third-order valence-electron chi connectivity index (χ3n) is 7.00. The molecule has 30 heavy (non-hydrogen) atoms. The third kappa shape index (κ3) is 3.69. The molecule has 3 atom stereocenters. The molecule has 1 aliphatic carbocycles. The van der Waals surface area contributed by atoms with Crippen LogP contribution < -0.4 is 16.2 Å². The van der Waals surface area contributed by atoms with E-state index in [2.05, 4.69) is 33.4 Å². The van der Waals surface area contributed by atoms with Crippen LogP contribution in [0.4, 0.5) is 0 Å². The minimum Gasteiger partial charge on any atom is -0.354 e. The molecule has 2 bridgehead atoms. The molecule has 2 aromatic heterocycles. The molecule has 1 saturated heterocycles. The molecule has 2 aromatic rings. The number of nitrogens with one attached hydrogen (secondary N) is 2. The molecule has 0 unspecified atom stereocenters. The fourth-order valence-corrected chi connectivity index (χ4v) is 5.23. The first-order chi connectivity index (χ1) is 14.0. The average molecular weight is 432 g/mol. The number of aryl methyl sites for hydroxylation is 2. The Bertz CT molecular complexity index is 1010. The summed E-state index contributed by atoms with van der Waals surface area (Å²) in [5.41, 5.74) is 3.20. The van der Waals surface area contributed by atoms with E-state index in [1.807, 2.05) is 19.1 Å². The average Bonchev–Trinajstić information content (AvgIpc) is 3.39. The zero-order chi connectivity index (χ0) is 20.2. The van der Waals surface area contributed by atoms with Gasteiger partial charge in [-0.3, -0.25) is 18.8 Å². The zero-order valence-electron chi connectivity index (χ0n) is 17.6. The second-order valence-corrected chi connectivity index (χ2v) is 9.26. The maximum absolute atomic E-state index is 13.3. The van der Waals surface area contributed by atoms with Gasteiger partial charge in [0, 0.05) is 60.9 Å². The molecule has 1 amide bonds. The van der Waals surface area contributed by atoms with Gasteiger partial charge in [0.1, 0.15) is 6.04 Å². The lowest BCUT2D eigenvalue weighted by atomic mass is 9.79. The Morgan fingerprint density at radius 3 is 2.80 bits per heavy atom. The van der Waals surface area contributed by atoms with Crippen molar-refractivity contribution in [3.8, 4) is 0 Å². The van der Waals surface area contributed by atoms with Gasteiger partial charge in [0.05, 0.1) is 5.69 Å². The van der Waals surface area contributed by atoms with Crippen molar-refractivity contribution in [1.29, 1.82) is 0 Å². The van der Waals surface area contributed by atoms with Crippen LogP contribution in [-0.4, -0.2) is 39.9 Å². The fraction of sp³-hybridized carbons (Fsp3) is 0.591. The highest BCUT2D eigenvalue weighted by Gasteiger charge is 2.46. The SMILES string of the molecule is Cc1cc(C)n(CC2(CNC(=O)[C@H]3[C@@H]4CNC[C@@H](C4)c4cccc(=O)n43)CC2)n1.Cl. The largest absolute Gasteiger partial charge is 0.354 e. The Morgan fingerprint density at radius 1 is 1.30 bits per heavy atom. The molecular formula is C22H30ClN5O2. The predicted molar refractivity (Wildman–Crippen MR) is 117 cm³/mol. The van der Waals surface area contributed by atoms with Crippen LogP contribution in [0.2, 0.25) is 0 Å². The number of carbonyl (C=O) groups excluding carboxylic acids is 1. The molecule has 5 rings (SSSR count). The number of amides is 1. The van der Waals surface area contributed by atoms with Crippen molar-refractivity contribution in [2.75, 3.05) is 19.6 Å². The number of carbonyl (C=O) groups is 1. The summed E-state index contributed by atoms with van der Waals surface area (Å²) in [7, 11) is 0. The van der Waals surface area contributed by atoms with E-state index in [4.69, 9.17) is 0 Å². The molecule has 162 valence electrons. The first-order valence-corrected chi connectivity index (χ1v) is 10.7. The first kappa shape index (κ1) is 21.1. The number of piperidine rings is 1. The molecule has 2 N–H and O–H groups in total. The highest BCUT2D eigenvalue weighted by molar-refractivity contribution is 5.85. The van der Waals surface area contributed by atoms with E-state index in [9.17, 15) is 9.59 Å². The highest BCUT2D eigenvalue weighted by atomic mass is 35.5. The van der Waals surface area contributed by atoms with E-state index >= 15 is 0 Å². The summed E-state index contributed by atoms with van der Waals surface area (Å²) in [4.78, 5) is 25.9. The predicted octanol–water partition coefficient (Wildman–Crippen LogP) is 1.93. The van der Waals surface area contributed by atoms with Crippen LogP contribution in [-0.2, 0) is 11.3 Å². The normalized spacial score (nSPS) is 25.7. The maximum Gasteiger partial charge on any atom is 0.251 e. The van der Waals surface area contributed by atoms with E-state index in [0.717, 1.165) is 56.0 Å². The second-order valence-electron chi connectivity index (χ2n) is 9.26. The lowest BCUT2D eigenvalue weighted by Crippen LogP contribution is -2.52. The lowest BCUT2D eigenvalue weighted by molar-refractivity contribution is -0.127. The van der Waals surface area contributed by atoms with E-state index in [1.54, 1.807) is 10.6 Å². The summed E-state index contributed by atoms with van der Waals surface area (Å²) in [5.74, 6) is 0.450. The van der Waals surface area contributed by atoms with Gasteiger partial charge in [0.2, 0.25) is 5.91 Å². The summed E-state index contributed by atoms with van der Waals surface area (Å²) in [6.07, 6.45) is 3.16. The first-order valence-electron chi connectivity index (χ1n) is 10.7. The van der Waals surface area contributed by atoms with Crippen LogP contribution in [0.15, 0.2) is 29.1 Å². The second kappa shape index (κ2) is 7.85. The molecular weight excluding hydrogens is 402 g/mol. The molecule has 2 fully saturated rings. The number of halogens is 1. The van der Waals surface area contributed by atoms with Crippen molar-refractivity contribution in [3.63, 3.8) is 0 Å². The van der Waals surface area contributed by atoms with Crippen molar-refractivity contribution in [3.05, 3.63) is 51.7 Å². The maximum atomic E-state index is 13.3. The molecule has 8 heteroatoms. The van der Waals surface area contributed by atoms with Gasteiger partial charge in [-0.2, -0.15) is 5.10 Å². The van der Waals surface area contributed by atoms with Gasteiger partial charge < -0.3 is 10.6 Å². The molecule has 0 aromatic carbocycles. The minimum atomic E-state index is -0.424. The molecule has 2 aliphatic heterocycles. The van der Waals surface area contributed by atoms with Crippen LogP contribution in [0.25, 0.3) is 0 Å². The number of hydrogen-bond acceptors (Lipinski definition) is 4. The van der Waals surface area contributed by atoms with E-state index in [1.165, 1.54) is 0 Å². The van der Waals surface area contributed by atoms with Gasteiger partial charge in [0.25, 0.3) is 5.56 Å². The van der Waals surface area contributed by atoms with Crippen molar-refractivity contribution >= 4 is 18.3 Å². The number of aromatic nitrogens is 3. The summed E-state index contributed by atoms with van der Waals surface area (Å²) in [6, 6.07) is 7.05. The van der Waals surface area contributed by atoms with Crippen LogP contribution in [0, 0.1) is 25.2 Å². The smallest absolute Gasteiger partial charge is 0.251 e. The number of fused-ring (bicyclic) bond motifs is 4. The monoisotopic (exact) mass is 431 g/mol. The molecule has 4 heterocycles. The van der Waals surface area contributed by atoms with Gasteiger partial charge in [0.15, 0.2) is 0 Å². The zero-order valence-corrected chi connectivity index (χ0v) is 18.4. The van der Waals surface area contributed by atoms with Crippen LogP contribution in [0.1, 0.15) is 48.3 Å². The van der Waals surface area contributed by atoms with Gasteiger partial charge in [-0.1, -0.05) is 6.07 Å². The van der Waals surface area contributed by atoms with Crippen molar-refractivity contribution in [1.82, 2.24) is 25.0 Å². The molecule has 7 nitrogen and oxygen atoms in total. The van der Waals surface area contributed by atoms with Gasteiger partial charge >= 0.3 is 0 Å². The highest BCUT2D eigenvalue weighted by Crippen LogP contribution is 2.47. The van der Waals surface area contributed by atoms with E-state index < -0.39 is 6.04 Å². The summed E-state index contributed by atoms with van der Waals surface area (Å²) in [5, 5.41) is 11.2. The van der Waals surface area contributed by atoms with Gasteiger partial charge in [-0.25, -0.2) is 0 Å². The Kier molecular flexibility index (Phi) is 5.53. The van der Waals surface area contributed by atoms with E-state index in [-0.39, 0.29) is 35.2 Å². The minimum absolute atomic E-state index is 0. The van der Waals surface area contributed by atoms with E-state index in [0.29, 0.717) is 12.5 Å². The summed E-state index contributed by atoms with van der Waals surface area (Å²) < 4.78 is 3.82. The standard InChI is InChI=1S/C22H29N5O2.ClH/c1-14-8-15(2)26(25-14)13-22(6-7-22)12-24-21(29)20-17-9-16(10-23-11-17)18-4-3-5-19(28)27(18)20;/h3-5,8,16-17,20,23H,6-7,9-13H2,1-2H3,(H,24,29);1H/t16-,17+,20-;/m1./s1. The number of hydrogen-bond donors (Lipinski definition) is 2. The molecule has 1 saturated carbocycles. The fourth-order valence-electron chi connectivity index (χ4n) is 5.23. The topological polar surface area (TPSA) is 81.0 Å². The lowest BCUT2D eigenvalue weighted by Gasteiger charge is -2.42. The molecule has 0 spiro atoms. The van der Waals surface area contributed by atoms with Gasteiger partial charge in [-0.05, 0) is 45.2 Å². The van der Waals surface area contributed by atoms with Crippen LogP contribution >= 0.6 is 12.4 Å². The van der Waals surface area contributed by atoms with Gasteiger partial charge in [-0.15, -0.1) is 12.4 Å². The number of rotatable bonds is 5. The Morgan fingerprint density at radius 2 is 2.10 bits per heavy atom. The van der Waals surface area contributed by atoms with Crippen molar-refractivity contribution in [2.24, 2.45) is 11.3 Å². The number of pyridine rings is 1.